The first kappa shape index (κ1) is 26.0. The standard InChI is InChI=1S/C28H40N2O4/c1-3-5-7-9-23(25(31)10-8-6-4-2)26(32)13-11-21-12-14-27(33)28(17-21)34-20-30-18-22-15-16-29-24(22)19-30/h12,14-17,19,23,25,31,33H,3-11,13,18,20H2,1-2H3. The number of allylic oxidation sites excluding steroid dienone is 1. The summed E-state index contributed by atoms with van der Waals surface area (Å²) in [4.78, 5) is 19.4. The van der Waals surface area contributed by atoms with Gasteiger partial charge in [-0.2, -0.15) is 0 Å². The highest BCUT2D eigenvalue weighted by molar-refractivity contribution is 5.82. The summed E-state index contributed by atoms with van der Waals surface area (Å²) in [5.74, 6) is 0.357. The van der Waals surface area contributed by atoms with Crippen LogP contribution in [0.25, 0.3) is 0 Å². The van der Waals surface area contributed by atoms with Crippen molar-refractivity contribution in [3.05, 3.63) is 47.3 Å². The van der Waals surface area contributed by atoms with Crippen LogP contribution >= 0.6 is 0 Å². The van der Waals surface area contributed by atoms with Crippen LogP contribution in [0.3, 0.4) is 0 Å². The van der Waals surface area contributed by atoms with Crippen molar-refractivity contribution >= 4 is 12.0 Å². The zero-order valence-electron chi connectivity index (χ0n) is 20.7. The minimum absolute atomic E-state index is 0.0862. The number of Topliss-reactive ketones (excluding diaryl/α,β-unsaturated/α-hetero) is 1. The van der Waals surface area contributed by atoms with Crippen LogP contribution in [-0.4, -0.2) is 46.5 Å². The zero-order chi connectivity index (χ0) is 24.3. The molecule has 0 aliphatic carbocycles. The maximum Gasteiger partial charge on any atom is 0.163 e. The van der Waals surface area contributed by atoms with E-state index in [0.717, 1.165) is 62.8 Å². The Balaban J connectivity index is 1.53. The van der Waals surface area contributed by atoms with Gasteiger partial charge in [-0.1, -0.05) is 58.4 Å². The maximum atomic E-state index is 13.1. The number of carbonyl (C=O) groups excluding carboxylic acids is 1. The number of carbonyl (C=O) groups is 1. The summed E-state index contributed by atoms with van der Waals surface area (Å²) in [5.41, 5.74) is 3.08. The Labute approximate surface area is 204 Å². The molecule has 0 saturated carbocycles. The van der Waals surface area contributed by atoms with Gasteiger partial charge in [-0.05, 0) is 43.0 Å². The third kappa shape index (κ3) is 7.45. The quantitative estimate of drug-likeness (QED) is 0.312. The fourth-order valence-corrected chi connectivity index (χ4v) is 4.57. The van der Waals surface area contributed by atoms with Gasteiger partial charge in [0, 0.05) is 36.9 Å². The molecule has 0 amide bonds. The van der Waals surface area contributed by atoms with Crippen LogP contribution in [0.1, 0.15) is 77.2 Å². The third-order valence-electron chi connectivity index (χ3n) is 6.67. The highest BCUT2D eigenvalue weighted by Crippen LogP contribution is 2.30. The molecule has 2 N–H and O–H groups in total. The number of aliphatic hydroxyl groups excluding tert-OH is 1. The molecule has 0 saturated heterocycles. The number of phenolic OH excluding ortho intramolecular Hbond substituents is 1. The number of fused-ring (bicyclic) bond motifs is 1. The van der Waals surface area contributed by atoms with Gasteiger partial charge in [0.05, 0.1) is 11.8 Å². The summed E-state index contributed by atoms with van der Waals surface area (Å²) < 4.78 is 5.87. The molecule has 2 heterocycles. The Morgan fingerprint density at radius 1 is 1.15 bits per heavy atom. The number of benzene rings is 1. The van der Waals surface area contributed by atoms with E-state index in [4.69, 9.17) is 4.74 Å². The molecular weight excluding hydrogens is 428 g/mol. The molecule has 6 heteroatoms. The van der Waals surface area contributed by atoms with E-state index in [0.29, 0.717) is 31.7 Å². The van der Waals surface area contributed by atoms with Crippen molar-refractivity contribution in [2.75, 3.05) is 13.3 Å². The van der Waals surface area contributed by atoms with E-state index in [1.807, 2.05) is 29.3 Å². The molecule has 1 aromatic carbocycles. The molecular formula is C28H40N2O4. The van der Waals surface area contributed by atoms with E-state index in [1.165, 1.54) is 5.57 Å². The second-order valence-electron chi connectivity index (χ2n) is 9.44. The predicted octanol–water partition coefficient (Wildman–Crippen LogP) is 5.54. The molecule has 0 spiro atoms. The zero-order valence-corrected chi connectivity index (χ0v) is 20.7. The molecule has 2 atom stereocenters. The Kier molecular flexibility index (Phi) is 10.2. The van der Waals surface area contributed by atoms with Gasteiger partial charge in [0.25, 0.3) is 0 Å². The lowest BCUT2D eigenvalue weighted by molar-refractivity contribution is -0.126. The normalized spacial score (nSPS) is 16.3. The number of aryl methyl sites for hydroxylation is 1. The average Bonchev–Trinajstić information content (AvgIpc) is 3.42. The number of hydrogen-bond donors (Lipinski definition) is 2. The number of aliphatic hydroxyl groups is 1. The van der Waals surface area contributed by atoms with Crippen molar-refractivity contribution in [1.29, 1.82) is 0 Å². The number of ketones is 1. The molecule has 186 valence electrons. The number of nitrogens with zero attached hydrogens (tertiary/aromatic N) is 2. The van der Waals surface area contributed by atoms with Crippen molar-refractivity contribution in [3.63, 3.8) is 0 Å². The van der Waals surface area contributed by atoms with Crippen molar-refractivity contribution < 1.29 is 19.7 Å². The second kappa shape index (κ2) is 13.3. The molecule has 0 radical (unpaired) electrons. The third-order valence-corrected chi connectivity index (χ3v) is 6.67. The summed E-state index contributed by atoms with van der Waals surface area (Å²) >= 11 is 0. The predicted molar refractivity (Wildman–Crippen MR) is 136 cm³/mol. The number of hydrogen-bond acceptors (Lipinski definition) is 6. The van der Waals surface area contributed by atoms with Gasteiger partial charge in [0.2, 0.25) is 0 Å². The van der Waals surface area contributed by atoms with Gasteiger partial charge in [-0.3, -0.25) is 9.79 Å². The van der Waals surface area contributed by atoms with Crippen LogP contribution in [0, 0.1) is 5.92 Å². The van der Waals surface area contributed by atoms with E-state index in [1.54, 1.807) is 12.3 Å². The first-order chi connectivity index (χ1) is 16.5. The topological polar surface area (TPSA) is 82.4 Å². The molecule has 2 aliphatic rings. The van der Waals surface area contributed by atoms with Crippen LogP contribution < -0.4 is 4.74 Å². The van der Waals surface area contributed by atoms with Crippen LogP contribution in [0.2, 0.25) is 0 Å². The van der Waals surface area contributed by atoms with Crippen molar-refractivity contribution in [3.8, 4) is 11.5 Å². The summed E-state index contributed by atoms with van der Waals surface area (Å²) in [6.45, 7) is 5.35. The van der Waals surface area contributed by atoms with Gasteiger partial charge >= 0.3 is 0 Å². The fourth-order valence-electron chi connectivity index (χ4n) is 4.57. The van der Waals surface area contributed by atoms with Gasteiger partial charge in [-0.15, -0.1) is 0 Å². The first-order valence-corrected chi connectivity index (χ1v) is 12.9. The van der Waals surface area contributed by atoms with E-state index in [9.17, 15) is 15.0 Å². The Bertz CT molecular complexity index is 906. The van der Waals surface area contributed by atoms with Crippen molar-refractivity contribution in [2.45, 2.75) is 84.2 Å². The monoisotopic (exact) mass is 468 g/mol. The lowest BCUT2D eigenvalue weighted by Gasteiger charge is -2.22. The molecule has 0 bridgehead atoms. The summed E-state index contributed by atoms with van der Waals surface area (Å²) in [5, 5.41) is 21.0. The maximum absolute atomic E-state index is 13.1. The second-order valence-corrected chi connectivity index (χ2v) is 9.44. The Morgan fingerprint density at radius 3 is 2.65 bits per heavy atom. The number of rotatable bonds is 16. The SMILES string of the molecule is CCCCCC(O)C(CCCCC)C(=O)CCc1ccc(O)c(OCN2C=C3N=CC=C3C2)c1. The lowest BCUT2D eigenvalue weighted by Crippen LogP contribution is -2.28. The Morgan fingerprint density at radius 2 is 1.91 bits per heavy atom. The largest absolute Gasteiger partial charge is 0.504 e. The first-order valence-electron chi connectivity index (χ1n) is 12.9. The molecule has 0 aromatic heterocycles. The van der Waals surface area contributed by atoms with E-state index >= 15 is 0 Å². The van der Waals surface area contributed by atoms with Crippen molar-refractivity contribution in [1.82, 2.24) is 4.90 Å². The molecule has 1 aromatic rings. The summed E-state index contributed by atoms with van der Waals surface area (Å²) in [6, 6.07) is 5.27. The van der Waals surface area contributed by atoms with E-state index in [2.05, 4.69) is 18.8 Å². The molecule has 3 rings (SSSR count). The minimum Gasteiger partial charge on any atom is -0.504 e. The smallest absolute Gasteiger partial charge is 0.163 e. The van der Waals surface area contributed by atoms with E-state index in [-0.39, 0.29) is 17.5 Å². The van der Waals surface area contributed by atoms with Gasteiger partial charge in [-0.25, -0.2) is 0 Å². The highest BCUT2D eigenvalue weighted by atomic mass is 16.5. The number of unbranched alkanes of at least 4 members (excludes halogenated alkanes) is 4. The van der Waals surface area contributed by atoms with Gasteiger partial charge in [0.15, 0.2) is 18.2 Å². The van der Waals surface area contributed by atoms with Crippen LogP contribution in [-0.2, 0) is 11.2 Å². The number of phenols is 1. The Hall–Kier alpha value is -2.60. The number of aliphatic imine (C=N–C) groups is 1. The minimum atomic E-state index is -0.553. The molecule has 2 unspecified atom stereocenters. The molecule has 6 nitrogen and oxygen atoms in total. The molecule has 34 heavy (non-hydrogen) atoms. The summed E-state index contributed by atoms with van der Waals surface area (Å²) in [7, 11) is 0. The van der Waals surface area contributed by atoms with Crippen molar-refractivity contribution in [2.24, 2.45) is 10.9 Å². The summed E-state index contributed by atoms with van der Waals surface area (Å²) in [6.07, 6.45) is 13.9. The lowest BCUT2D eigenvalue weighted by atomic mass is 9.86. The van der Waals surface area contributed by atoms with Gasteiger partial charge in [0.1, 0.15) is 5.78 Å². The highest BCUT2D eigenvalue weighted by Gasteiger charge is 2.26. The number of ether oxygens (including phenoxy) is 1. The number of aromatic hydroxyl groups is 1. The molecule has 0 fully saturated rings. The molecule has 2 aliphatic heterocycles. The van der Waals surface area contributed by atoms with Crippen LogP contribution in [0.4, 0.5) is 0 Å². The van der Waals surface area contributed by atoms with Crippen LogP contribution in [0.5, 0.6) is 11.5 Å². The fraction of sp³-hybridized carbons (Fsp3) is 0.571. The van der Waals surface area contributed by atoms with Crippen LogP contribution in [0.15, 0.2) is 46.7 Å². The van der Waals surface area contributed by atoms with E-state index < -0.39 is 6.10 Å². The average molecular weight is 469 g/mol. The van der Waals surface area contributed by atoms with Gasteiger partial charge < -0.3 is 19.8 Å².